The van der Waals surface area contributed by atoms with Gasteiger partial charge in [-0.25, -0.2) is 0 Å². The van der Waals surface area contributed by atoms with Crippen LogP contribution >= 0.6 is 0 Å². The molecule has 4 heteroatoms. The summed E-state index contributed by atoms with van der Waals surface area (Å²) in [5.41, 5.74) is -0.711. The molecule has 2 atom stereocenters. The van der Waals surface area contributed by atoms with Crippen LogP contribution in [0.25, 0.3) is 0 Å². The Hall–Kier alpha value is -0.610. The van der Waals surface area contributed by atoms with Crippen molar-refractivity contribution in [2.75, 3.05) is 20.1 Å². The van der Waals surface area contributed by atoms with Gasteiger partial charge in [-0.2, -0.15) is 0 Å². The average Bonchev–Trinajstić information content (AvgIpc) is 3.06. The fraction of sp³-hybridized carbons (Fsp3) is 0.923. The number of rotatable bonds is 6. The second-order valence-electron chi connectivity index (χ2n) is 5.48. The van der Waals surface area contributed by atoms with Crippen molar-refractivity contribution in [2.45, 2.75) is 50.6 Å². The van der Waals surface area contributed by atoms with Crippen LogP contribution in [0.3, 0.4) is 0 Å². The van der Waals surface area contributed by atoms with Gasteiger partial charge in [0.2, 0.25) is 0 Å². The van der Waals surface area contributed by atoms with Crippen molar-refractivity contribution in [1.29, 1.82) is 0 Å². The van der Waals surface area contributed by atoms with Crippen molar-refractivity contribution in [3.8, 4) is 0 Å². The first-order chi connectivity index (χ1) is 8.14. The molecular weight excluding hydrogens is 216 g/mol. The van der Waals surface area contributed by atoms with Crippen LogP contribution in [-0.4, -0.2) is 47.7 Å². The number of carbonyl (C=O) groups is 1. The van der Waals surface area contributed by atoms with Crippen LogP contribution in [0, 0.1) is 5.92 Å². The predicted octanol–water partition coefficient (Wildman–Crippen LogP) is 1.31. The number of hydrogen-bond acceptors (Lipinski definition) is 3. The molecule has 2 rings (SSSR count). The molecule has 2 fully saturated rings. The van der Waals surface area contributed by atoms with E-state index in [-0.39, 0.29) is 0 Å². The van der Waals surface area contributed by atoms with E-state index in [0.717, 1.165) is 25.8 Å². The number of nitrogens with zero attached hydrogens (tertiary/aromatic N) is 1. The zero-order chi connectivity index (χ0) is 12.5. The number of carboxylic acids is 1. The predicted molar refractivity (Wildman–Crippen MR) is 67.0 cm³/mol. The van der Waals surface area contributed by atoms with Crippen molar-refractivity contribution >= 4 is 5.97 Å². The van der Waals surface area contributed by atoms with Gasteiger partial charge in [-0.15, -0.1) is 0 Å². The Bertz CT molecular complexity index is 291. The summed E-state index contributed by atoms with van der Waals surface area (Å²) in [5, 5.41) is 12.7. The average molecular weight is 240 g/mol. The van der Waals surface area contributed by atoms with Crippen LogP contribution in [0.2, 0.25) is 0 Å². The number of likely N-dealkylation sites (tertiary alicyclic amines) is 1. The van der Waals surface area contributed by atoms with E-state index in [1.54, 1.807) is 7.05 Å². The molecule has 1 heterocycles. The van der Waals surface area contributed by atoms with Gasteiger partial charge in [0.05, 0.1) is 0 Å². The Morgan fingerprint density at radius 1 is 1.47 bits per heavy atom. The second-order valence-corrected chi connectivity index (χ2v) is 5.48. The van der Waals surface area contributed by atoms with Gasteiger partial charge in [0.1, 0.15) is 5.54 Å². The van der Waals surface area contributed by atoms with E-state index in [2.05, 4.69) is 17.1 Å². The fourth-order valence-corrected chi connectivity index (χ4v) is 3.22. The summed E-state index contributed by atoms with van der Waals surface area (Å²) in [6, 6.07) is 0.584. The van der Waals surface area contributed by atoms with Crippen LogP contribution in [0.4, 0.5) is 0 Å². The normalized spacial score (nSPS) is 29.2. The van der Waals surface area contributed by atoms with E-state index in [4.69, 9.17) is 0 Å². The molecule has 1 saturated carbocycles. The lowest BCUT2D eigenvalue weighted by molar-refractivity contribution is -0.146. The molecule has 1 saturated heterocycles. The van der Waals surface area contributed by atoms with Crippen molar-refractivity contribution in [1.82, 2.24) is 10.2 Å². The zero-order valence-electron chi connectivity index (χ0n) is 10.9. The molecule has 0 aromatic rings. The quantitative estimate of drug-likeness (QED) is 0.735. The molecule has 0 radical (unpaired) electrons. The topological polar surface area (TPSA) is 52.6 Å². The molecule has 0 spiro atoms. The Morgan fingerprint density at radius 2 is 2.18 bits per heavy atom. The molecule has 2 aliphatic rings. The smallest absolute Gasteiger partial charge is 0.325 e. The summed E-state index contributed by atoms with van der Waals surface area (Å²) in [5.74, 6) is -0.354. The highest BCUT2D eigenvalue weighted by Crippen LogP contribution is 2.41. The molecule has 0 amide bonds. The molecule has 0 aromatic carbocycles. The minimum Gasteiger partial charge on any atom is -0.480 e. The number of likely N-dealkylation sites (N-methyl/N-ethyl adjacent to an activating group) is 1. The minimum atomic E-state index is -0.711. The summed E-state index contributed by atoms with van der Waals surface area (Å²) < 4.78 is 0. The van der Waals surface area contributed by atoms with E-state index in [1.807, 2.05) is 0 Å². The summed E-state index contributed by atoms with van der Waals surface area (Å²) in [4.78, 5) is 14.0. The highest BCUT2D eigenvalue weighted by molar-refractivity contribution is 5.80. The molecular formula is C13H24N2O2. The van der Waals surface area contributed by atoms with E-state index in [0.29, 0.717) is 18.5 Å². The molecule has 17 heavy (non-hydrogen) atoms. The van der Waals surface area contributed by atoms with Crippen molar-refractivity contribution in [2.24, 2.45) is 5.92 Å². The van der Waals surface area contributed by atoms with Crippen LogP contribution < -0.4 is 5.32 Å². The van der Waals surface area contributed by atoms with Crippen LogP contribution in [0.15, 0.2) is 0 Å². The molecule has 0 aromatic heterocycles. The van der Waals surface area contributed by atoms with Gasteiger partial charge in [0.25, 0.3) is 0 Å². The van der Waals surface area contributed by atoms with Crippen LogP contribution in [0.1, 0.15) is 39.0 Å². The van der Waals surface area contributed by atoms with Crippen LogP contribution in [-0.2, 0) is 4.79 Å². The zero-order valence-corrected chi connectivity index (χ0v) is 10.9. The Balaban J connectivity index is 2.09. The summed E-state index contributed by atoms with van der Waals surface area (Å²) in [7, 11) is 1.80. The van der Waals surface area contributed by atoms with E-state index in [1.165, 1.54) is 12.8 Å². The van der Waals surface area contributed by atoms with Gasteiger partial charge < -0.3 is 10.4 Å². The summed E-state index contributed by atoms with van der Waals surface area (Å²) in [6.45, 7) is 3.92. The number of aliphatic carboxylic acids is 1. The molecule has 4 nitrogen and oxygen atoms in total. The SMILES string of the molecule is CCC1CCCN1CC(NC)(C(=O)O)C1CC1. The monoisotopic (exact) mass is 240 g/mol. The van der Waals surface area contributed by atoms with Gasteiger partial charge in [0, 0.05) is 12.6 Å². The Labute approximate surface area is 103 Å². The van der Waals surface area contributed by atoms with Gasteiger partial charge in [-0.05, 0) is 51.6 Å². The molecule has 98 valence electrons. The third-order valence-electron chi connectivity index (χ3n) is 4.52. The minimum absolute atomic E-state index is 0.322. The first-order valence-corrected chi connectivity index (χ1v) is 6.80. The lowest BCUT2D eigenvalue weighted by atomic mass is 9.92. The largest absolute Gasteiger partial charge is 0.480 e. The summed E-state index contributed by atoms with van der Waals surface area (Å²) in [6.07, 6.45) is 5.67. The Kier molecular flexibility index (Phi) is 3.73. The molecule has 1 aliphatic carbocycles. The third kappa shape index (κ3) is 2.33. The highest BCUT2D eigenvalue weighted by atomic mass is 16.4. The first-order valence-electron chi connectivity index (χ1n) is 6.80. The van der Waals surface area contributed by atoms with Gasteiger partial charge in [-0.1, -0.05) is 6.92 Å². The highest BCUT2D eigenvalue weighted by Gasteiger charge is 2.51. The van der Waals surface area contributed by atoms with Crippen molar-refractivity contribution in [3.05, 3.63) is 0 Å². The Morgan fingerprint density at radius 3 is 2.65 bits per heavy atom. The lowest BCUT2D eigenvalue weighted by Crippen LogP contribution is -2.60. The van der Waals surface area contributed by atoms with Crippen molar-refractivity contribution in [3.63, 3.8) is 0 Å². The maximum absolute atomic E-state index is 11.6. The maximum atomic E-state index is 11.6. The fourth-order valence-electron chi connectivity index (χ4n) is 3.22. The lowest BCUT2D eigenvalue weighted by Gasteiger charge is -2.36. The number of carboxylic acid groups (broad SMARTS) is 1. The van der Waals surface area contributed by atoms with E-state index in [9.17, 15) is 9.90 Å². The molecule has 1 aliphatic heterocycles. The van der Waals surface area contributed by atoms with E-state index < -0.39 is 11.5 Å². The van der Waals surface area contributed by atoms with Gasteiger partial charge >= 0.3 is 5.97 Å². The van der Waals surface area contributed by atoms with E-state index >= 15 is 0 Å². The number of nitrogens with one attached hydrogen (secondary N) is 1. The third-order valence-corrected chi connectivity index (χ3v) is 4.52. The first kappa shape index (κ1) is 12.8. The van der Waals surface area contributed by atoms with Gasteiger partial charge in [0.15, 0.2) is 0 Å². The molecule has 0 bridgehead atoms. The molecule has 2 unspecified atom stereocenters. The summed E-state index contributed by atoms with van der Waals surface area (Å²) >= 11 is 0. The number of hydrogen-bond donors (Lipinski definition) is 2. The standard InChI is InChI=1S/C13H24N2O2/c1-3-11-5-4-8-15(11)9-13(14-2,12(16)17)10-6-7-10/h10-11,14H,3-9H2,1-2H3,(H,16,17). The van der Waals surface area contributed by atoms with Crippen molar-refractivity contribution < 1.29 is 9.90 Å². The maximum Gasteiger partial charge on any atom is 0.325 e. The molecule has 2 N–H and O–H groups in total. The van der Waals surface area contributed by atoms with Gasteiger partial charge in [-0.3, -0.25) is 9.69 Å². The van der Waals surface area contributed by atoms with Crippen LogP contribution in [0.5, 0.6) is 0 Å². The second kappa shape index (κ2) is 4.94.